The highest BCUT2D eigenvalue weighted by Gasteiger charge is 2.54. The first-order chi connectivity index (χ1) is 16.1. The molecule has 2 aliphatic heterocycles. The predicted octanol–water partition coefficient (Wildman–Crippen LogP) is 3.20. The maximum atomic E-state index is 13.1. The zero-order valence-corrected chi connectivity index (χ0v) is 18.7. The van der Waals surface area contributed by atoms with Gasteiger partial charge in [-0.1, -0.05) is 18.2 Å². The number of carbonyl (C=O) groups is 2. The van der Waals surface area contributed by atoms with Crippen molar-refractivity contribution in [2.24, 2.45) is 0 Å². The number of para-hydroxylation sites is 1. The van der Waals surface area contributed by atoms with E-state index in [0.717, 1.165) is 62.9 Å². The van der Waals surface area contributed by atoms with Crippen LogP contribution in [0.25, 0.3) is 0 Å². The normalized spacial score (nSPS) is 27.0. The van der Waals surface area contributed by atoms with Crippen LogP contribution in [0.3, 0.4) is 0 Å². The van der Waals surface area contributed by atoms with Crippen molar-refractivity contribution in [3.8, 4) is 5.75 Å². The van der Waals surface area contributed by atoms with E-state index in [0.29, 0.717) is 23.7 Å². The minimum atomic E-state index is -0.698. The molecule has 3 atom stereocenters. The molecule has 2 saturated carbocycles. The molecule has 2 aromatic rings. The lowest BCUT2D eigenvalue weighted by atomic mass is 9.96. The molecule has 0 unspecified atom stereocenters. The summed E-state index contributed by atoms with van der Waals surface area (Å²) in [4.78, 5) is 32.4. The molecule has 2 saturated heterocycles. The molecule has 2 N–H and O–H groups in total. The van der Waals surface area contributed by atoms with Crippen LogP contribution in [0.4, 0.5) is 5.82 Å². The third-order valence-corrected chi connectivity index (χ3v) is 7.43. The molecule has 4 aliphatic rings. The van der Waals surface area contributed by atoms with E-state index in [1.54, 1.807) is 6.20 Å². The van der Waals surface area contributed by atoms with Crippen LogP contribution in [0, 0.1) is 0 Å². The van der Waals surface area contributed by atoms with Crippen LogP contribution < -0.4 is 20.3 Å². The van der Waals surface area contributed by atoms with Crippen molar-refractivity contribution < 1.29 is 14.3 Å². The van der Waals surface area contributed by atoms with Crippen molar-refractivity contribution >= 4 is 17.6 Å². The molecule has 1 aromatic heterocycles. The Kier molecular flexibility index (Phi) is 5.00. The fourth-order valence-electron chi connectivity index (χ4n) is 5.36. The lowest BCUT2D eigenvalue weighted by Crippen LogP contribution is -2.53. The summed E-state index contributed by atoms with van der Waals surface area (Å²) in [6.45, 7) is 0. The van der Waals surface area contributed by atoms with Crippen LogP contribution in [-0.2, 0) is 4.79 Å². The Labute approximate surface area is 193 Å². The molecule has 0 radical (unpaired) electrons. The van der Waals surface area contributed by atoms with Crippen LogP contribution in [0.5, 0.6) is 5.75 Å². The Hall–Kier alpha value is -3.09. The molecule has 33 heavy (non-hydrogen) atoms. The number of rotatable bonds is 7. The number of anilines is 1. The molecule has 2 bridgehead atoms. The number of amides is 2. The predicted molar refractivity (Wildman–Crippen MR) is 124 cm³/mol. The van der Waals surface area contributed by atoms with Crippen LogP contribution in [0.1, 0.15) is 61.7 Å². The maximum absolute atomic E-state index is 13.1. The van der Waals surface area contributed by atoms with Crippen LogP contribution in [0.15, 0.2) is 48.7 Å². The number of nitrogens with one attached hydrogen (secondary N) is 2. The summed E-state index contributed by atoms with van der Waals surface area (Å²) in [5, 5.41) is 6.31. The van der Waals surface area contributed by atoms with Gasteiger partial charge in [-0.15, -0.1) is 0 Å². The van der Waals surface area contributed by atoms with Gasteiger partial charge in [-0.25, -0.2) is 4.98 Å². The number of nitrogens with zero attached hydrogens (tertiary/aromatic N) is 2. The summed E-state index contributed by atoms with van der Waals surface area (Å²) in [6, 6.07) is 14.7. The Morgan fingerprint density at radius 2 is 1.64 bits per heavy atom. The SMILES string of the molecule is O=C(NC1CC1)c1ccc(N2[C@@H]3CC[C@H]2C[C@@H](NC(=O)C2(Oc4ccccc4)CC2)C3)nc1. The Balaban J connectivity index is 1.08. The molecule has 6 rings (SSSR count). The highest BCUT2D eigenvalue weighted by atomic mass is 16.5. The van der Waals surface area contributed by atoms with Crippen molar-refractivity contribution in [3.05, 3.63) is 54.2 Å². The van der Waals surface area contributed by atoms with E-state index in [4.69, 9.17) is 4.74 Å². The first kappa shape index (κ1) is 20.5. The molecule has 3 heterocycles. The Bertz CT molecular complexity index is 1020. The van der Waals surface area contributed by atoms with Crippen molar-refractivity contribution in [2.75, 3.05) is 4.90 Å². The van der Waals surface area contributed by atoms with E-state index >= 15 is 0 Å². The number of aromatic nitrogens is 1. The molecule has 2 aliphatic carbocycles. The zero-order valence-electron chi connectivity index (χ0n) is 18.7. The number of piperidine rings is 1. The minimum Gasteiger partial charge on any atom is -0.477 e. The van der Waals surface area contributed by atoms with E-state index in [-0.39, 0.29) is 17.9 Å². The number of ether oxygens (including phenoxy) is 1. The summed E-state index contributed by atoms with van der Waals surface area (Å²) in [7, 11) is 0. The highest BCUT2D eigenvalue weighted by molar-refractivity contribution is 5.94. The molecule has 0 spiro atoms. The molecule has 2 amide bonds. The van der Waals surface area contributed by atoms with Crippen molar-refractivity contribution in [2.45, 2.75) is 81.1 Å². The highest BCUT2D eigenvalue weighted by Crippen LogP contribution is 2.42. The van der Waals surface area contributed by atoms with E-state index in [1.165, 1.54) is 0 Å². The average Bonchev–Trinajstić information content (AvgIpc) is 3.75. The van der Waals surface area contributed by atoms with Crippen molar-refractivity contribution in [1.29, 1.82) is 0 Å². The van der Waals surface area contributed by atoms with Gasteiger partial charge in [-0.3, -0.25) is 9.59 Å². The van der Waals surface area contributed by atoms with Gasteiger partial charge in [0.05, 0.1) is 5.56 Å². The minimum absolute atomic E-state index is 0.0216. The van der Waals surface area contributed by atoms with Gasteiger partial charge in [-0.2, -0.15) is 0 Å². The zero-order chi connectivity index (χ0) is 22.4. The smallest absolute Gasteiger partial charge is 0.264 e. The topological polar surface area (TPSA) is 83.6 Å². The second-order valence-corrected chi connectivity index (χ2v) is 10.00. The third-order valence-electron chi connectivity index (χ3n) is 7.43. The van der Waals surface area contributed by atoms with Crippen molar-refractivity contribution in [1.82, 2.24) is 15.6 Å². The first-order valence-corrected chi connectivity index (χ1v) is 12.2. The van der Waals surface area contributed by atoms with Gasteiger partial charge in [-0.05, 0) is 62.8 Å². The molecular formula is C26H30N4O3. The molecule has 4 fully saturated rings. The number of benzene rings is 1. The third kappa shape index (κ3) is 4.16. The fraction of sp³-hybridized carbons (Fsp3) is 0.500. The number of pyridine rings is 1. The van der Waals surface area contributed by atoms with Gasteiger partial charge in [0.25, 0.3) is 11.8 Å². The number of carbonyl (C=O) groups excluding carboxylic acids is 2. The quantitative estimate of drug-likeness (QED) is 0.683. The first-order valence-electron chi connectivity index (χ1n) is 12.2. The Morgan fingerprint density at radius 3 is 2.24 bits per heavy atom. The van der Waals surface area contributed by atoms with Gasteiger partial charge >= 0.3 is 0 Å². The van der Waals surface area contributed by atoms with E-state index in [9.17, 15) is 9.59 Å². The lowest BCUT2D eigenvalue weighted by molar-refractivity contribution is -0.130. The lowest BCUT2D eigenvalue weighted by Gasteiger charge is -2.40. The van der Waals surface area contributed by atoms with E-state index < -0.39 is 5.60 Å². The van der Waals surface area contributed by atoms with Gasteiger partial charge in [0.15, 0.2) is 5.60 Å². The summed E-state index contributed by atoms with van der Waals surface area (Å²) < 4.78 is 6.07. The summed E-state index contributed by atoms with van der Waals surface area (Å²) in [5.74, 6) is 1.67. The van der Waals surface area contributed by atoms with Gasteiger partial charge < -0.3 is 20.3 Å². The fourth-order valence-corrected chi connectivity index (χ4v) is 5.36. The van der Waals surface area contributed by atoms with Crippen molar-refractivity contribution in [3.63, 3.8) is 0 Å². The Morgan fingerprint density at radius 1 is 0.909 bits per heavy atom. The van der Waals surface area contributed by atoms with Gasteiger partial charge in [0.2, 0.25) is 0 Å². The van der Waals surface area contributed by atoms with Gasteiger partial charge in [0, 0.05) is 43.2 Å². The second kappa shape index (κ2) is 8.04. The second-order valence-electron chi connectivity index (χ2n) is 10.00. The van der Waals surface area contributed by atoms with Crippen LogP contribution >= 0.6 is 0 Å². The maximum Gasteiger partial charge on any atom is 0.264 e. The summed E-state index contributed by atoms with van der Waals surface area (Å²) in [5.41, 5.74) is -0.0797. The monoisotopic (exact) mass is 446 g/mol. The molecule has 7 heteroatoms. The molecular weight excluding hydrogens is 416 g/mol. The molecule has 1 aromatic carbocycles. The van der Waals surface area contributed by atoms with Crippen LogP contribution in [0.2, 0.25) is 0 Å². The number of hydrogen-bond acceptors (Lipinski definition) is 5. The van der Waals surface area contributed by atoms with E-state index in [1.807, 2.05) is 42.5 Å². The van der Waals surface area contributed by atoms with E-state index in [2.05, 4.69) is 20.5 Å². The standard InChI is InChI=1S/C26H30N4O3/c31-24(28-18-7-8-18)17-6-11-23(27-16-17)30-20-9-10-21(30)15-19(14-20)29-25(32)26(12-13-26)33-22-4-2-1-3-5-22/h1-6,11,16,18-21H,7-10,12-15H2,(H,28,31)(H,29,32)/t19-,20+,21-. The molecule has 172 valence electrons. The molecule has 7 nitrogen and oxygen atoms in total. The summed E-state index contributed by atoms with van der Waals surface area (Å²) >= 11 is 0. The number of hydrogen-bond donors (Lipinski definition) is 2. The average molecular weight is 447 g/mol. The van der Waals surface area contributed by atoms with Gasteiger partial charge in [0.1, 0.15) is 11.6 Å². The largest absolute Gasteiger partial charge is 0.477 e. The number of fused-ring (bicyclic) bond motifs is 2. The van der Waals surface area contributed by atoms with Crippen LogP contribution in [-0.4, -0.2) is 46.6 Å². The summed E-state index contributed by atoms with van der Waals surface area (Å²) in [6.07, 6.45) is 9.41.